The molecule has 10 heteroatoms. The first-order chi connectivity index (χ1) is 23.4. The summed E-state index contributed by atoms with van der Waals surface area (Å²) in [4.78, 5) is 10.1. The molecule has 4 aromatic heterocycles. The maximum Gasteiger partial charge on any atom is 0.223 e. The van der Waals surface area contributed by atoms with Gasteiger partial charge in [0.05, 0.1) is 32.8 Å². The maximum absolute atomic E-state index is 10.9. The lowest BCUT2D eigenvalue weighted by Crippen LogP contribution is -2.24. The average Bonchev–Trinajstić information content (AvgIpc) is 3.83. The number of fused-ring (bicyclic) bond motifs is 3. The Bertz CT molecular complexity index is 2590. The normalized spacial score (nSPS) is 12.8. The van der Waals surface area contributed by atoms with Crippen molar-refractivity contribution in [3.63, 3.8) is 0 Å². The van der Waals surface area contributed by atoms with Crippen LogP contribution in [0.5, 0.6) is 0 Å². The van der Waals surface area contributed by atoms with Crippen molar-refractivity contribution in [3.05, 3.63) is 143 Å². The quantitative estimate of drug-likeness (QED) is 0.279. The predicted octanol–water partition coefficient (Wildman–Crippen LogP) is 3.98. The second kappa shape index (κ2) is 11.1. The summed E-state index contributed by atoms with van der Waals surface area (Å²) in [6.07, 6.45) is 0. The molecule has 8 aromatic rings. The Kier molecular flexibility index (Phi) is 6.68. The standard InChI is InChI=1S/C38H28B2N8/c1-23-33-34(36(47(23)39)28(22-42)38-44-30-18-10-12-20-32(30)46(38)26-15-7-4-8-16-26)24(2)48(40)35(33)27(21-41)37-43-29-17-9-11-19-31(29)45(37)25-13-5-3-6-14-25/h3-20H,39-40H2,1-2H3/b35-27-,36-28-. The van der Waals surface area contributed by atoms with Gasteiger partial charge in [-0.1, -0.05) is 60.7 Å². The number of imidazole rings is 2. The maximum atomic E-state index is 10.9. The fraction of sp³-hybridized carbons (Fsp3) is 0.0526. The summed E-state index contributed by atoms with van der Waals surface area (Å²) in [6, 6.07) is 41.0. The van der Waals surface area contributed by atoms with Crippen molar-refractivity contribution in [2.24, 2.45) is 0 Å². The molecule has 0 aliphatic carbocycles. The number of hydrogen-bond donors (Lipinski definition) is 0. The molecule has 0 radical (unpaired) electrons. The van der Waals surface area contributed by atoms with Gasteiger partial charge in [0.2, 0.25) is 16.0 Å². The van der Waals surface area contributed by atoms with E-state index < -0.39 is 0 Å². The SMILES string of the molecule is Bn1c(C)c2/c(=C(\C#N)c3nc4ccccc4n3-c3ccccc3)n(B)c(C)c2/c1=C(\C#N)c1nc2ccccc2n1-c1ccccc1. The molecular formula is C38H28B2N8. The molecule has 4 aromatic carbocycles. The highest BCUT2D eigenvalue weighted by Gasteiger charge is 2.25. The molecule has 8 nitrogen and oxygen atoms in total. The summed E-state index contributed by atoms with van der Waals surface area (Å²) >= 11 is 0. The summed E-state index contributed by atoms with van der Waals surface area (Å²) in [7, 11) is 3.96. The smallest absolute Gasteiger partial charge is 0.223 e. The van der Waals surface area contributed by atoms with Crippen LogP contribution in [-0.4, -0.2) is 44.0 Å². The Balaban J connectivity index is 1.53. The molecule has 226 valence electrons. The second-order valence-corrected chi connectivity index (χ2v) is 11.9. The van der Waals surface area contributed by atoms with E-state index in [1.54, 1.807) is 0 Å². The van der Waals surface area contributed by atoms with E-state index in [0.29, 0.717) is 22.8 Å². The van der Waals surface area contributed by atoms with Crippen LogP contribution in [0.4, 0.5) is 0 Å². The first kappa shape index (κ1) is 28.9. The Morgan fingerprint density at radius 3 is 1.27 bits per heavy atom. The molecule has 0 aliphatic rings. The summed E-state index contributed by atoms with van der Waals surface area (Å²) in [5, 5.41) is 25.2. The first-order valence-electron chi connectivity index (χ1n) is 15.7. The molecule has 0 bridgehead atoms. The summed E-state index contributed by atoms with van der Waals surface area (Å²) in [5.74, 6) is 1.13. The molecule has 0 fully saturated rings. The molecule has 0 atom stereocenters. The van der Waals surface area contributed by atoms with E-state index in [9.17, 15) is 10.5 Å². The molecule has 0 saturated heterocycles. The summed E-state index contributed by atoms with van der Waals surface area (Å²) in [6.45, 7) is 4.08. The zero-order chi connectivity index (χ0) is 33.1. The number of hydrogen-bond acceptors (Lipinski definition) is 4. The lowest BCUT2D eigenvalue weighted by Gasteiger charge is -2.10. The highest BCUT2D eigenvalue weighted by atomic mass is 15.1. The lowest BCUT2D eigenvalue weighted by molar-refractivity contribution is 1.03. The van der Waals surface area contributed by atoms with E-state index in [1.807, 2.05) is 139 Å². The minimum Gasteiger partial charge on any atom is -0.395 e. The summed E-state index contributed by atoms with van der Waals surface area (Å²) in [5.41, 5.74) is 8.04. The van der Waals surface area contributed by atoms with Crippen molar-refractivity contribution in [3.8, 4) is 23.5 Å². The number of aromatic nitrogens is 6. The van der Waals surface area contributed by atoms with Crippen molar-refractivity contribution in [1.29, 1.82) is 10.5 Å². The molecule has 4 heterocycles. The number of para-hydroxylation sites is 6. The molecular weight excluding hydrogens is 590 g/mol. The molecule has 0 saturated carbocycles. The average molecular weight is 618 g/mol. The Hall–Kier alpha value is -6.51. The number of benzene rings is 4. The van der Waals surface area contributed by atoms with Crippen LogP contribution in [0.25, 0.3) is 55.4 Å². The van der Waals surface area contributed by atoms with Gasteiger partial charge in [0.15, 0.2) is 11.6 Å². The molecule has 0 amide bonds. The second-order valence-electron chi connectivity index (χ2n) is 11.9. The van der Waals surface area contributed by atoms with Crippen molar-refractivity contribution >= 4 is 59.9 Å². The van der Waals surface area contributed by atoms with Gasteiger partial charge >= 0.3 is 0 Å². The predicted molar refractivity (Wildman–Crippen MR) is 195 cm³/mol. The van der Waals surface area contributed by atoms with E-state index in [2.05, 4.69) is 30.2 Å². The van der Waals surface area contributed by atoms with Gasteiger partial charge in [-0.25, -0.2) is 9.97 Å². The number of rotatable bonds is 4. The summed E-state index contributed by atoms with van der Waals surface area (Å²) < 4.78 is 8.22. The number of nitriles is 2. The first-order valence-corrected chi connectivity index (χ1v) is 15.7. The van der Waals surface area contributed by atoms with Crippen molar-refractivity contribution in [2.45, 2.75) is 13.8 Å². The third-order valence-corrected chi connectivity index (χ3v) is 9.42. The van der Waals surface area contributed by atoms with E-state index in [4.69, 9.17) is 9.97 Å². The third-order valence-electron chi connectivity index (χ3n) is 9.42. The zero-order valence-electron chi connectivity index (χ0n) is 27.0. The topological polar surface area (TPSA) is 93.1 Å². The van der Waals surface area contributed by atoms with E-state index >= 15 is 0 Å². The van der Waals surface area contributed by atoms with E-state index in [-0.39, 0.29) is 0 Å². The van der Waals surface area contributed by atoms with Crippen LogP contribution in [0.1, 0.15) is 23.0 Å². The van der Waals surface area contributed by atoms with Gasteiger partial charge in [-0.15, -0.1) is 0 Å². The fourth-order valence-electron chi connectivity index (χ4n) is 7.01. The molecule has 0 spiro atoms. The molecule has 0 aliphatic heterocycles. The fourth-order valence-corrected chi connectivity index (χ4v) is 7.01. The van der Waals surface area contributed by atoms with Crippen LogP contribution in [0, 0.1) is 36.5 Å². The van der Waals surface area contributed by atoms with Crippen molar-refractivity contribution in [1.82, 2.24) is 28.1 Å². The van der Waals surface area contributed by atoms with Gasteiger partial charge in [-0.2, -0.15) is 10.5 Å². The Labute approximate surface area is 278 Å². The Morgan fingerprint density at radius 2 is 0.896 bits per heavy atom. The van der Waals surface area contributed by atoms with Gasteiger partial charge in [-0.05, 0) is 62.4 Å². The molecule has 48 heavy (non-hydrogen) atoms. The minimum atomic E-state index is 0.450. The minimum absolute atomic E-state index is 0.450. The Morgan fingerprint density at radius 1 is 0.542 bits per heavy atom. The van der Waals surface area contributed by atoms with E-state index in [1.165, 1.54) is 0 Å². The number of aryl methyl sites for hydroxylation is 2. The van der Waals surface area contributed by atoms with Crippen LogP contribution < -0.4 is 10.7 Å². The van der Waals surface area contributed by atoms with Crippen molar-refractivity contribution in [2.75, 3.05) is 0 Å². The molecule has 8 rings (SSSR count). The van der Waals surface area contributed by atoms with Crippen molar-refractivity contribution < 1.29 is 0 Å². The van der Waals surface area contributed by atoms with Crippen LogP contribution >= 0.6 is 0 Å². The zero-order valence-corrected chi connectivity index (χ0v) is 27.0. The lowest BCUT2D eigenvalue weighted by atomic mass is 10.1. The highest BCUT2D eigenvalue weighted by molar-refractivity contribution is 6.15. The largest absolute Gasteiger partial charge is 0.395 e. The highest BCUT2D eigenvalue weighted by Crippen LogP contribution is 2.29. The molecule has 0 N–H and O–H groups in total. The number of nitrogens with zero attached hydrogens (tertiary/aromatic N) is 8. The van der Waals surface area contributed by atoms with Crippen LogP contribution in [-0.2, 0) is 0 Å². The van der Waals surface area contributed by atoms with Gasteiger partial charge in [-0.3, -0.25) is 9.13 Å². The van der Waals surface area contributed by atoms with Crippen LogP contribution in [0.15, 0.2) is 109 Å². The van der Waals surface area contributed by atoms with Gasteiger partial charge in [0.1, 0.15) is 23.3 Å². The van der Waals surface area contributed by atoms with Crippen LogP contribution in [0.2, 0.25) is 0 Å². The monoisotopic (exact) mass is 618 g/mol. The van der Waals surface area contributed by atoms with Gasteiger partial charge < -0.3 is 8.96 Å². The van der Waals surface area contributed by atoms with Gasteiger partial charge in [0, 0.05) is 33.5 Å². The molecule has 0 unspecified atom stereocenters. The van der Waals surface area contributed by atoms with Gasteiger partial charge in [0.25, 0.3) is 0 Å². The third kappa shape index (κ3) is 4.10. The van der Waals surface area contributed by atoms with E-state index in [0.717, 1.165) is 66.3 Å². The van der Waals surface area contributed by atoms with Crippen LogP contribution in [0.3, 0.4) is 0 Å².